The van der Waals surface area contributed by atoms with Gasteiger partial charge in [0.2, 0.25) is 0 Å². The van der Waals surface area contributed by atoms with Crippen LogP contribution in [-0.2, 0) is 0 Å². The molecule has 3 nitrogen and oxygen atoms in total. The molecule has 17 heavy (non-hydrogen) atoms. The number of benzene rings is 1. The smallest absolute Gasteiger partial charge is 0.165 e. The molecule has 0 aliphatic rings. The van der Waals surface area contributed by atoms with E-state index < -0.39 is 0 Å². The molecule has 0 aliphatic heterocycles. The fourth-order valence-electron chi connectivity index (χ4n) is 1.49. The minimum Gasteiger partial charge on any atom is -0.496 e. The van der Waals surface area contributed by atoms with Crippen LogP contribution in [0.3, 0.4) is 0 Å². The average molecular weight is 358 g/mol. The van der Waals surface area contributed by atoms with Gasteiger partial charge in [-0.15, -0.1) is 0 Å². The van der Waals surface area contributed by atoms with Crippen LogP contribution >= 0.6 is 31.9 Å². The van der Waals surface area contributed by atoms with Gasteiger partial charge < -0.3 is 4.74 Å². The SMILES string of the molecule is COc1cc(C)ccc1-c1nc(Br)cc(Br)n1. The first-order valence-corrected chi connectivity index (χ1v) is 6.54. The summed E-state index contributed by atoms with van der Waals surface area (Å²) in [5.74, 6) is 1.40. The van der Waals surface area contributed by atoms with E-state index >= 15 is 0 Å². The quantitative estimate of drug-likeness (QED) is 0.762. The second-order valence-corrected chi connectivity index (χ2v) is 5.17. The molecule has 0 bridgehead atoms. The highest BCUT2D eigenvalue weighted by molar-refractivity contribution is 9.11. The lowest BCUT2D eigenvalue weighted by atomic mass is 10.1. The molecule has 0 N–H and O–H groups in total. The zero-order valence-electron chi connectivity index (χ0n) is 9.37. The Morgan fingerprint density at radius 2 is 1.71 bits per heavy atom. The Labute approximate surface area is 117 Å². The maximum atomic E-state index is 5.35. The number of rotatable bonds is 2. The third kappa shape index (κ3) is 2.84. The van der Waals surface area contributed by atoms with Gasteiger partial charge in [0.05, 0.1) is 12.7 Å². The Bertz CT molecular complexity index is 538. The summed E-state index contributed by atoms with van der Waals surface area (Å²) in [6, 6.07) is 7.73. The van der Waals surface area contributed by atoms with Crippen molar-refractivity contribution in [2.75, 3.05) is 7.11 Å². The van der Waals surface area contributed by atoms with Crippen LogP contribution in [0.4, 0.5) is 0 Å². The van der Waals surface area contributed by atoms with E-state index in [9.17, 15) is 0 Å². The summed E-state index contributed by atoms with van der Waals surface area (Å²) in [5, 5.41) is 0. The molecule has 0 saturated carbocycles. The van der Waals surface area contributed by atoms with E-state index in [2.05, 4.69) is 41.8 Å². The van der Waals surface area contributed by atoms with Crippen molar-refractivity contribution in [1.82, 2.24) is 9.97 Å². The second-order valence-electron chi connectivity index (χ2n) is 3.54. The maximum Gasteiger partial charge on any atom is 0.165 e. The van der Waals surface area contributed by atoms with Gasteiger partial charge in [-0.3, -0.25) is 0 Å². The van der Waals surface area contributed by atoms with Gasteiger partial charge in [0.15, 0.2) is 5.82 Å². The van der Waals surface area contributed by atoms with Crippen molar-refractivity contribution in [3.63, 3.8) is 0 Å². The Kier molecular flexibility index (Phi) is 3.79. The van der Waals surface area contributed by atoms with Gasteiger partial charge in [-0.1, -0.05) is 6.07 Å². The van der Waals surface area contributed by atoms with Crippen molar-refractivity contribution < 1.29 is 4.74 Å². The lowest BCUT2D eigenvalue weighted by Gasteiger charge is -2.08. The van der Waals surface area contributed by atoms with Crippen molar-refractivity contribution in [2.45, 2.75) is 6.92 Å². The minimum atomic E-state index is 0.628. The number of aryl methyl sites for hydroxylation is 1. The zero-order valence-corrected chi connectivity index (χ0v) is 12.5. The summed E-state index contributed by atoms with van der Waals surface area (Å²) < 4.78 is 6.82. The molecule has 0 amide bonds. The van der Waals surface area contributed by atoms with Crippen LogP contribution in [0, 0.1) is 6.92 Å². The van der Waals surface area contributed by atoms with Crippen molar-refractivity contribution >= 4 is 31.9 Å². The molecular weight excluding hydrogens is 348 g/mol. The van der Waals surface area contributed by atoms with Crippen molar-refractivity contribution in [1.29, 1.82) is 0 Å². The molecule has 1 heterocycles. The average Bonchev–Trinajstić information content (AvgIpc) is 2.27. The van der Waals surface area contributed by atoms with Crippen molar-refractivity contribution in [3.05, 3.63) is 39.0 Å². The standard InChI is InChI=1S/C12H10Br2N2O/c1-7-3-4-8(9(5-7)17-2)12-15-10(13)6-11(14)16-12/h3-6H,1-2H3. The topological polar surface area (TPSA) is 35.0 Å². The first-order chi connectivity index (χ1) is 8.10. The third-order valence-electron chi connectivity index (χ3n) is 2.26. The minimum absolute atomic E-state index is 0.628. The Morgan fingerprint density at radius 1 is 1.06 bits per heavy atom. The molecule has 1 aromatic heterocycles. The summed E-state index contributed by atoms with van der Waals surface area (Å²) in [6.07, 6.45) is 0. The van der Waals surface area contributed by atoms with Gasteiger partial charge >= 0.3 is 0 Å². The Morgan fingerprint density at radius 3 is 2.29 bits per heavy atom. The number of hydrogen-bond donors (Lipinski definition) is 0. The molecule has 1 aromatic carbocycles. The molecule has 0 spiro atoms. The van der Waals surface area contributed by atoms with Crippen molar-refractivity contribution in [2.24, 2.45) is 0 Å². The zero-order chi connectivity index (χ0) is 12.4. The molecular formula is C12H10Br2N2O. The van der Waals surface area contributed by atoms with E-state index in [1.165, 1.54) is 0 Å². The fraction of sp³-hybridized carbons (Fsp3) is 0.167. The van der Waals surface area contributed by atoms with Crippen LogP contribution in [-0.4, -0.2) is 17.1 Å². The summed E-state index contributed by atoms with van der Waals surface area (Å²) >= 11 is 6.70. The first kappa shape index (κ1) is 12.5. The number of methoxy groups -OCH3 is 1. The van der Waals surface area contributed by atoms with Gasteiger partial charge in [-0.05, 0) is 56.5 Å². The lowest BCUT2D eigenvalue weighted by molar-refractivity contribution is 0.416. The Hall–Kier alpha value is -0.940. The van der Waals surface area contributed by atoms with Crippen LogP contribution < -0.4 is 4.74 Å². The largest absolute Gasteiger partial charge is 0.496 e. The van der Waals surface area contributed by atoms with Gasteiger partial charge in [0.25, 0.3) is 0 Å². The number of nitrogens with zero attached hydrogens (tertiary/aromatic N) is 2. The van der Waals surface area contributed by atoms with E-state index in [0.717, 1.165) is 26.1 Å². The molecule has 0 radical (unpaired) electrons. The highest BCUT2D eigenvalue weighted by Crippen LogP contribution is 2.30. The predicted octanol–water partition coefficient (Wildman–Crippen LogP) is 3.99. The highest BCUT2D eigenvalue weighted by atomic mass is 79.9. The van der Waals surface area contributed by atoms with Gasteiger partial charge in [0, 0.05) is 6.07 Å². The van der Waals surface area contributed by atoms with E-state index in [1.54, 1.807) is 13.2 Å². The van der Waals surface area contributed by atoms with E-state index in [-0.39, 0.29) is 0 Å². The molecule has 5 heteroatoms. The van der Waals surface area contributed by atoms with Crippen LogP contribution in [0.2, 0.25) is 0 Å². The first-order valence-electron chi connectivity index (χ1n) is 4.95. The van der Waals surface area contributed by atoms with Gasteiger partial charge in [-0.25, -0.2) is 9.97 Å². The molecule has 0 atom stereocenters. The van der Waals surface area contributed by atoms with Gasteiger partial charge in [-0.2, -0.15) is 0 Å². The summed E-state index contributed by atoms with van der Waals surface area (Å²) in [6.45, 7) is 2.02. The molecule has 2 aromatic rings. The summed E-state index contributed by atoms with van der Waals surface area (Å²) in [4.78, 5) is 8.68. The van der Waals surface area contributed by atoms with Crippen molar-refractivity contribution in [3.8, 4) is 17.1 Å². The Balaban J connectivity index is 2.59. The highest BCUT2D eigenvalue weighted by Gasteiger charge is 2.10. The molecule has 0 fully saturated rings. The maximum absolute atomic E-state index is 5.35. The van der Waals surface area contributed by atoms with Crippen LogP contribution in [0.1, 0.15) is 5.56 Å². The molecule has 2 rings (SSSR count). The molecule has 0 unspecified atom stereocenters. The van der Waals surface area contributed by atoms with Crippen LogP contribution in [0.5, 0.6) is 5.75 Å². The molecule has 88 valence electrons. The fourth-order valence-corrected chi connectivity index (χ4v) is 2.57. The van der Waals surface area contributed by atoms with Crippen LogP contribution in [0.25, 0.3) is 11.4 Å². The number of hydrogen-bond acceptors (Lipinski definition) is 3. The third-order valence-corrected chi connectivity index (χ3v) is 3.07. The summed E-state index contributed by atoms with van der Waals surface area (Å²) in [7, 11) is 1.64. The number of ether oxygens (including phenoxy) is 1. The predicted molar refractivity (Wildman–Crippen MR) is 74.2 cm³/mol. The lowest BCUT2D eigenvalue weighted by Crippen LogP contribution is -1.94. The normalized spacial score (nSPS) is 10.4. The number of aromatic nitrogens is 2. The monoisotopic (exact) mass is 356 g/mol. The van der Waals surface area contributed by atoms with Gasteiger partial charge in [0.1, 0.15) is 15.0 Å². The number of halogens is 2. The van der Waals surface area contributed by atoms with E-state index in [1.807, 2.05) is 25.1 Å². The molecule has 0 aliphatic carbocycles. The summed E-state index contributed by atoms with van der Waals surface area (Å²) in [5.41, 5.74) is 2.01. The van der Waals surface area contributed by atoms with Crippen LogP contribution in [0.15, 0.2) is 33.5 Å². The molecule has 0 saturated heterocycles. The van der Waals surface area contributed by atoms with E-state index in [0.29, 0.717) is 5.82 Å². The second kappa shape index (κ2) is 5.14. The van der Waals surface area contributed by atoms with E-state index in [4.69, 9.17) is 4.74 Å².